The van der Waals surface area contributed by atoms with E-state index in [9.17, 15) is 9.59 Å². The van der Waals surface area contributed by atoms with Crippen LogP contribution in [0.25, 0.3) is 16.8 Å². The van der Waals surface area contributed by atoms with Gasteiger partial charge < -0.3 is 10.1 Å². The third-order valence-corrected chi connectivity index (χ3v) is 6.11. The van der Waals surface area contributed by atoms with Gasteiger partial charge in [0, 0.05) is 5.92 Å². The van der Waals surface area contributed by atoms with Gasteiger partial charge in [-0.05, 0) is 56.5 Å². The van der Waals surface area contributed by atoms with Crippen molar-refractivity contribution in [3.63, 3.8) is 0 Å². The summed E-state index contributed by atoms with van der Waals surface area (Å²) in [5.41, 5.74) is 3.15. The molecule has 1 aliphatic carbocycles. The molecule has 0 atom stereocenters. The van der Waals surface area contributed by atoms with Crippen LogP contribution >= 0.6 is 0 Å². The van der Waals surface area contributed by atoms with Gasteiger partial charge in [-0.25, -0.2) is 4.68 Å². The summed E-state index contributed by atoms with van der Waals surface area (Å²) in [5, 5.41) is 7.64. The normalized spacial score (nSPS) is 14.2. The van der Waals surface area contributed by atoms with Gasteiger partial charge in [-0.1, -0.05) is 49.1 Å². The Kier molecular flexibility index (Phi) is 6.40. The summed E-state index contributed by atoms with van der Waals surface area (Å²) in [6.07, 6.45) is 5.01. The number of nitrogens with one attached hydrogen (secondary N) is 1. The minimum atomic E-state index is -0.208. The number of hydrogen-bond acceptors (Lipinski definition) is 4. The van der Waals surface area contributed by atoms with Crippen molar-refractivity contribution < 1.29 is 9.53 Å². The second-order valence-corrected chi connectivity index (χ2v) is 8.44. The Morgan fingerprint density at radius 1 is 1.06 bits per heavy atom. The van der Waals surface area contributed by atoms with Gasteiger partial charge in [0.2, 0.25) is 11.3 Å². The number of ether oxygens (including phenoxy) is 1. The molecule has 1 saturated carbocycles. The molecule has 0 saturated heterocycles. The van der Waals surface area contributed by atoms with E-state index in [-0.39, 0.29) is 17.3 Å². The van der Waals surface area contributed by atoms with E-state index in [1.165, 1.54) is 6.42 Å². The fraction of sp³-hybridized carbons (Fsp3) is 0.346. The number of aromatic nitrogens is 2. The summed E-state index contributed by atoms with van der Waals surface area (Å²) in [4.78, 5) is 26.5. The molecule has 2 aromatic carbocycles. The van der Waals surface area contributed by atoms with Crippen LogP contribution in [0.15, 0.2) is 53.3 Å². The topological polar surface area (TPSA) is 73.2 Å². The molecule has 1 amide bonds. The van der Waals surface area contributed by atoms with Crippen molar-refractivity contribution in [2.45, 2.75) is 46.0 Å². The molecule has 4 rings (SSSR count). The largest absolute Gasteiger partial charge is 0.497 e. The van der Waals surface area contributed by atoms with Crippen molar-refractivity contribution in [2.75, 3.05) is 12.4 Å². The second kappa shape index (κ2) is 9.39. The number of carbonyl (C=O) groups is 1. The summed E-state index contributed by atoms with van der Waals surface area (Å²) in [6.45, 7) is 3.71. The zero-order chi connectivity index (χ0) is 22.7. The third kappa shape index (κ3) is 4.44. The fourth-order valence-corrected chi connectivity index (χ4v) is 4.26. The molecule has 0 bridgehead atoms. The molecule has 3 aromatic rings. The SMILES string of the molecule is COc1cccc(-c2c(NC(=O)C3CCCCC3)n(-c3ccc(C)cc3)nc(C)c2=O)c1. The minimum Gasteiger partial charge on any atom is -0.497 e. The van der Waals surface area contributed by atoms with E-state index in [4.69, 9.17) is 4.74 Å². The fourth-order valence-electron chi connectivity index (χ4n) is 4.26. The average Bonchev–Trinajstić information content (AvgIpc) is 2.82. The van der Waals surface area contributed by atoms with Crippen molar-refractivity contribution in [3.05, 3.63) is 70.0 Å². The van der Waals surface area contributed by atoms with Gasteiger partial charge >= 0.3 is 0 Å². The number of benzene rings is 2. The molecular formula is C26H29N3O3. The highest BCUT2D eigenvalue weighted by atomic mass is 16.5. The van der Waals surface area contributed by atoms with Crippen molar-refractivity contribution in [3.8, 4) is 22.6 Å². The molecule has 6 heteroatoms. The maximum absolute atomic E-state index is 13.3. The van der Waals surface area contributed by atoms with Crippen molar-refractivity contribution in [1.82, 2.24) is 9.78 Å². The molecule has 166 valence electrons. The third-order valence-electron chi connectivity index (χ3n) is 6.11. The van der Waals surface area contributed by atoms with Gasteiger partial charge in [0.25, 0.3) is 0 Å². The Hall–Kier alpha value is -3.41. The van der Waals surface area contributed by atoms with Crippen LogP contribution in [0.2, 0.25) is 0 Å². The standard InChI is InChI=1S/C26H29N3O3/c1-17-12-14-21(15-13-17)29-25(27-26(31)19-8-5-4-6-9-19)23(24(30)18(2)28-29)20-10-7-11-22(16-20)32-3/h7,10-16,19H,4-6,8-9H2,1-3H3,(H,27,31). The molecule has 6 nitrogen and oxygen atoms in total. The van der Waals surface area contributed by atoms with Crippen LogP contribution in [0.4, 0.5) is 5.82 Å². The predicted octanol–water partition coefficient (Wildman–Crippen LogP) is 5.04. The molecule has 1 aromatic heterocycles. The Labute approximate surface area is 188 Å². The lowest BCUT2D eigenvalue weighted by Crippen LogP contribution is -2.29. The summed E-state index contributed by atoms with van der Waals surface area (Å²) >= 11 is 0. The average molecular weight is 432 g/mol. The van der Waals surface area contributed by atoms with Crippen LogP contribution < -0.4 is 15.5 Å². The summed E-state index contributed by atoms with van der Waals surface area (Å²) in [6, 6.07) is 15.2. The first kappa shape index (κ1) is 21.8. The highest BCUT2D eigenvalue weighted by Crippen LogP contribution is 2.31. The van der Waals surface area contributed by atoms with Gasteiger partial charge in [0.05, 0.1) is 18.4 Å². The number of nitrogens with zero attached hydrogens (tertiary/aromatic N) is 2. The van der Waals surface area contributed by atoms with Gasteiger partial charge in [0.1, 0.15) is 17.3 Å². The Morgan fingerprint density at radius 3 is 2.47 bits per heavy atom. The summed E-state index contributed by atoms with van der Waals surface area (Å²) in [7, 11) is 1.59. The van der Waals surface area contributed by atoms with Crippen LogP contribution in [0.5, 0.6) is 5.75 Å². The highest BCUT2D eigenvalue weighted by molar-refractivity contribution is 5.96. The van der Waals surface area contributed by atoms with Crippen LogP contribution in [0, 0.1) is 19.8 Å². The first-order chi connectivity index (χ1) is 15.5. The maximum Gasteiger partial charge on any atom is 0.228 e. The Balaban J connectivity index is 1.91. The molecule has 32 heavy (non-hydrogen) atoms. The molecule has 1 heterocycles. The van der Waals surface area contributed by atoms with Gasteiger partial charge in [-0.3, -0.25) is 9.59 Å². The van der Waals surface area contributed by atoms with Gasteiger partial charge in [-0.2, -0.15) is 5.10 Å². The van der Waals surface area contributed by atoms with E-state index in [1.807, 2.05) is 55.5 Å². The number of methoxy groups -OCH3 is 1. The van der Waals surface area contributed by atoms with Crippen LogP contribution in [0.1, 0.15) is 43.4 Å². The van der Waals surface area contributed by atoms with Crippen molar-refractivity contribution >= 4 is 11.7 Å². The lowest BCUT2D eigenvalue weighted by Gasteiger charge is -2.23. The number of anilines is 1. The van der Waals surface area contributed by atoms with Crippen molar-refractivity contribution in [2.24, 2.45) is 5.92 Å². The zero-order valence-electron chi connectivity index (χ0n) is 18.9. The predicted molar refractivity (Wildman–Crippen MR) is 127 cm³/mol. The number of amides is 1. The number of rotatable bonds is 5. The lowest BCUT2D eigenvalue weighted by molar-refractivity contribution is -0.120. The molecule has 1 N–H and O–H groups in total. The Morgan fingerprint density at radius 2 is 1.78 bits per heavy atom. The number of carbonyl (C=O) groups excluding carboxylic acids is 1. The molecule has 0 aliphatic heterocycles. The smallest absolute Gasteiger partial charge is 0.228 e. The highest BCUT2D eigenvalue weighted by Gasteiger charge is 2.25. The first-order valence-electron chi connectivity index (χ1n) is 11.1. The Bertz CT molecular complexity index is 1180. The van der Waals surface area contributed by atoms with E-state index >= 15 is 0 Å². The molecule has 1 aliphatic rings. The van der Waals surface area contributed by atoms with E-state index in [0.29, 0.717) is 28.4 Å². The monoisotopic (exact) mass is 431 g/mol. The number of aryl methyl sites for hydroxylation is 2. The second-order valence-electron chi connectivity index (χ2n) is 8.44. The quantitative estimate of drug-likeness (QED) is 0.614. The number of hydrogen-bond donors (Lipinski definition) is 1. The molecule has 0 radical (unpaired) electrons. The molecule has 1 fully saturated rings. The van der Waals surface area contributed by atoms with E-state index < -0.39 is 0 Å². The molecule has 0 spiro atoms. The summed E-state index contributed by atoms with van der Waals surface area (Å²) in [5.74, 6) is 0.931. The minimum absolute atomic E-state index is 0.0511. The summed E-state index contributed by atoms with van der Waals surface area (Å²) < 4.78 is 7.05. The molecule has 0 unspecified atom stereocenters. The van der Waals surface area contributed by atoms with E-state index in [1.54, 1.807) is 18.7 Å². The van der Waals surface area contributed by atoms with Crippen molar-refractivity contribution in [1.29, 1.82) is 0 Å². The van der Waals surface area contributed by atoms with E-state index in [2.05, 4.69) is 10.4 Å². The first-order valence-corrected chi connectivity index (χ1v) is 11.1. The van der Waals surface area contributed by atoms with Crippen LogP contribution in [-0.2, 0) is 4.79 Å². The zero-order valence-corrected chi connectivity index (χ0v) is 18.9. The lowest BCUT2D eigenvalue weighted by atomic mass is 9.88. The van der Waals surface area contributed by atoms with E-state index in [0.717, 1.165) is 36.9 Å². The van der Waals surface area contributed by atoms with Gasteiger partial charge in [-0.15, -0.1) is 0 Å². The van der Waals surface area contributed by atoms with Crippen LogP contribution in [-0.4, -0.2) is 22.8 Å². The molecular weight excluding hydrogens is 402 g/mol. The maximum atomic E-state index is 13.3. The van der Waals surface area contributed by atoms with Crippen LogP contribution in [0.3, 0.4) is 0 Å². The van der Waals surface area contributed by atoms with Gasteiger partial charge in [0.15, 0.2) is 0 Å².